The lowest BCUT2D eigenvalue weighted by atomic mass is 10.2. The van der Waals surface area contributed by atoms with Crippen LogP contribution in [-0.4, -0.2) is 59.7 Å². The molecule has 9 nitrogen and oxygen atoms in total. The number of aromatic nitrogens is 3. The number of benzene rings is 2. The van der Waals surface area contributed by atoms with Gasteiger partial charge in [0.1, 0.15) is 15.9 Å². The lowest BCUT2D eigenvalue weighted by Gasteiger charge is -2.28. The van der Waals surface area contributed by atoms with Gasteiger partial charge in [0.05, 0.1) is 37.3 Å². The number of nitrogens with zero attached hydrogens (tertiary/aromatic N) is 5. The fraction of sp³-hybridized carbons (Fsp3) is 0.217. The molecule has 0 radical (unpaired) electrons. The van der Waals surface area contributed by atoms with Gasteiger partial charge >= 0.3 is 0 Å². The summed E-state index contributed by atoms with van der Waals surface area (Å²) in [5, 5.41) is 0. The second-order valence-corrected chi connectivity index (χ2v) is 9.63. The Labute approximate surface area is 202 Å². The van der Waals surface area contributed by atoms with Crippen molar-refractivity contribution in [1.29, 1.82) is 0 Å². The molecule has 11 heteroatoms. The average molecular weight is 498 g/mol. The molecular formula is C23H23N5O4S2. The quantitative estimate of drug-likeness (QED) is 0.349. The Morgan fingerprint density at radius 1 is 1.00 bits per heavy atom. The van der Waals surface area contributed by atoms with Crippen molar-refractivity contribution < 1.29 is 17.9 Å². The zero-order valence-electron chi connectivity index (χ0n) is 18.7. The van der Waals surface area contributed by atoms with Crippen LogP contribution in [0.3, 0.4) is 0 Å². The van der Waals surface area contributed by atoms with Crippen molar-refractivity contribution in [3.63, 3.8) is 0 Å². The number of hydrogen-bond donors (Lipinski definition) is 0. The molecule has 0 saturated heterocycles. The van der Waals surface area contributed by atoms with E-state index in [0.717, 1.165) is 11.7 Å². The molecule has 176 valence electrons. The highest BCUT2D eigenvalue weighted by atomic mass is 32.2. The molecule has 2 aromatic carbocycles. The van der Waals surface area contributed by atoms with Gasteiger partial charge in [-0.2, -0.15) is 8.75 Å². The van der Waals surface area contributed by atoms with Gasteiger partial charge in [-0.3, -0.25) is 9.10 Å². The third kappa shape index (κ3) is 4.70. The summed E-state index contributed by atoms with van der Waals surface area (Å²) in [5.74, 6) is 0.195. The van der Waals surface area contributed by atoms with Crippen molar-refractivity contribution in [1.82, 2.24) is 18.6 Å². The minimum absolute atomic E-state index is 0.0245. The summed E-state index contributed by atoms with van der Waals surface area (Å²) in [6, 6.07) is 17.0. The van der Waals surface area contributed by atoms with Crippen LogP contribution in [0, 0.1) is 0 Å². The highest BCUT2D eigenvalue weighted by Gasteiger charge is 2.29. The van der Waals surface area contributed by atoms with Crippen LogP contribution in [0.4, 0.5) is 5.69 Å². The third-order valence-corrected chi connectivity index (χ3v) is 7.70. The maximum absolute atomic E-state index is 13.8. The first kappa shape index (κ1) is 23.6. The van der Waals surface area contributed by atoms with Gasteiger partial charge in [-0.1, -0.05) is 24.3 Å². The van der Waals surface area contributed by atoms with Crippen molar-refractivity contribution >= 4 is 44.4 Å². The molecule has 0 bridgehead atoms. The summed E-state index contributed by atoms with van der Waals surface area (Å²) < 4.78 is 42.4. The molecule has 1 amide bonds. The number of sulfonamides is 1. The average Bonchev–Trinajstić information content (AvgIpc) is 3.36. The molecule has 0 atom stereocenters. The van der Waals surface area contributed by atoms with E-state index < -0.39 is 10.0 Å². The Hall–Kier alpha value is -3.57. The van der Waals surface area contributed by atoms with Crippen LogP contribution in [0.15, 0.2) is 71.8 Å². The molecule has 4 rings (SSSR count). The molecule has 0 saturated carbocycles. The number of pyridine rings is 1. The molecule has 0 aliphatic carbocycles. The second kappa shape index (κ2) is 10.1. The summed E-state index contributed by atoms with van der Waals surface area (Å²) in [6.07, 6.45) is 1.44. The number of methoxy groups -OCH3 is 1. The molecule has 34 heavy (non-hydrogen) atoms. The smallest absolute Gasteiger partial charge is 0.266 e. The first-order chi connectivity index (χ1) is 16.5. The number of rotatable bonds is 9. The SMILES string of the molecule is CCN(CCN(c1ccc(OC)nc1)S(=O)(=O)c1cccc2nsnc12)C(=O)c1ccccc1. The Morgan fingerprint density at radius 3 is 2.47 bits per heavy atom. The molecule has 4 aromatic rings. The molecule has 0 N–H and O–H groups in total. The van der Waals surface area contributed by atoms with Gasteiger partial charge in [0.15, 0.2) is 0 Å². The number of anilines is 1. The van der Waals surface area contributed by atoms with Crippen molar-refractivity contribution in [2.75, 3.05) is 31.0 Å². The Bertz CT molecular complexity index is 1380. The molecular weight excluding hydrogens is 474 g/mol. The molecule has 0 aliphatic rings. The molecule has 0 aliphatic heterocycles. The first-order valence-corrected chi connectivity index (χ1v) is 12.7. The van der Waals surface area contributed by atoms with Gasteiger partial charge in [0, 0.05) is 24.7 Å². The first-order valence-electron chi connectivity index (χ1n) is 10.5. The topological polar surface area (TPSA) is 106 Å². The van der Waals surface area contributed by atoms with E-state index in [9.17, 15) is 13.2 Å². The zero-order chi connectivity index (χ0) is 24.1. The summed E-state index contributed by atoms with van der Waals surface area (Å²) in [4.78, 5) is 18.8. The van der Waals surface area contributed by atoms with Crippen LogP contribution in [0.2, 0.25) is 0 Å². The lowest BCUT2D eigenvalue weighted by Crippen LogP contribution is -2.41. The van der Waals surface area contributed by atoms with E-state index in [4.69, 9.17) is 4.74 Å². The van der Waals surface area contributed by atoms with Crippen LogP contribution < -0.4 is 9.04 Å². The molecule has 2 heterocycles. The number of fused-ring (bicyclic) bond motifs is 1. The minimum Gasteiger partial charge on any atom is -0.481 e. The number of ether oxygens (including phenoxy) is 1. The van der Waals surface area contributed by atoms with Gasteiger partial charge in [0.2, 0.25) is 5.88 Å². The highest BCUT2D eigenvalue weighted by Crippen LogP contribution is 2.28. The number of hydrogen-bond acceptors (Lipinski definition) is 8. The number of amides is 1. The summed E-state index contributed by atoms with van der Waals surface area (Å²) in [6.45, 7) is 2.49. The van der Waals surface area contributed by atoms with Crippen LogP contribution in [0.1, 0.15) is 17.3 Å². The van der Waals surface area contributed by atoms with Crippen LogP contribution >= 0.6 is 11.7 Å². The predicted molar refractivity (Wildman–Crippen MR) is 131 cm³/mol. The maximum Gasteiger partial charge on any atom is 0.266 e. The minimum atomic E-state index is -4.05. The van der Waals surface area contributed by atoms with Crippen LogP contribution in [0.25, 0.3) is 11.0 Å². The Kier molecular flexibility index (Phi) is 7.03. The van der Waals surface area contributed by atoms with E-state index in [2.05, 4.69) is 13.7 Å². The van der Waals surface area contributed by atoms with Crippen LogP contribution in [-0.2, 0) is 10.0 Å². The van der Waals surface area contributed by atoms with Crippen molar-refractivity contribution in [2.45, 2.75) is 11.8 Å². The highest BCUT2D eigenvalue weighted by molar-refractivity contribution is 7.93. The normalized spacial score (nSPS) is 11.4. The Balaban J connectivity index is 1.69. The van der Waals surface area contributed by atoms with Crippen LogP contribution in [0.5, 0.6) is 5.88 Å². The molecule has 2 aromatic heterocycles. The fourth-order valence-corrected chi connectivity index (χ4v) is 5.71. The molecule has 0 fully saturated rings. The van der Waals surface area contributed by atoms with Gasteiger partial charge < -0.3 is 9.64 Å². The summed E-state index contributed by atoms with van der Waals surface area (Å²) in [5.41, 5.74) is 1.72. The second-order valence-electron chi connectivity index (χ2n) is 7.27. The van der Waals surface area contributed by atoms with Gasteiger partial charge in [0.25, 0.3) is 15.9 Å². The monoisotopic (exact) mass is 497 g/mol. The van der Waals surface area contributed by atoms with E-state index in [-0.39, 0.29) is 23.9 Å². The largest absolute Gasteiger partial charge is 0.481 e. The van der Waals surface area contributed by atoms with Gasteiger partial charge in [-0.05, 0) is 37.3 Å². The third-order valence-electron chi connectivity index (χ3n) is 5.30. The van der Waals surface area contributed by atoms with Crippen molar-refractivity contribution in [3.8, 4) is 5.88 Å². The van der Waals surface area contributed by atoms with E-state index >= 15 is 0 Å². The van der Waals surface area contributed by atoms with E-state index in [1.807, 2.05) is 13.0 Å². The van der Waals surface area contributed by atoms with Crippen molar-refractivity contribution in [2.24, 2.45) is 0 Å². The molecule has 0 unspecified atom stereocenters. The standard InChI is InChI=1S/C23H23N5O4S2/c1-3-27(23(29)17-8-5-4-6-9-17)14-15-28(18-12-13-21(32-2)24-16-18)34(30,31)20-11-7-10-19-22(20)26-33-25-19/h4-13,16H,3,14-15H2,1-2H3. The van der Waals surface area contributed by atoms with Gasteiger partial charge in [-0.25, -0.2) is 13.4 Å². The Morgan fingerprint density at radius 2 is 1.79 bits per heavy atom. The number of carbonyl (C=O) groups is 1. The van der Waals surface area contributed by atoms with Gasteiger partial charge in [-0.15, -0.1) is 0 Å². The van der Waals surface area contributed by atoms with E-state index in [0.29, 0.717) is 34.7 Å². The fourth-order valence-electron chi connectivity index (χ4n) is 3.52. The van der Waals surface area contributed by atoms with Crippen molar-refractivity contribution in [3.05, 3.63) is 72.4 Å². The summed E-state index contributed by atoms with van der Waals surface area (Å²) in [7, 11) is -2.56. The number of likely N-dealkylation sites (N-methyl/N-ethyl adjacent to an activating group) is 1. The van der Waals surface area contributed by atoms with E-state index in [1.54, 1.807) is 53.4 Å². The summed E-state index contributed by atoms with van der Waals surface area (Å²) >= 11 is 0.954. The van der Waals surface area contributed by atoms with E-state index in [1.165, 1.54) is 23.7 Å². The zero-order valence-corrected chi connectivity index (χ0v) is 20.3. The maximum atomic E-state index is 13.8. The molecule has 0 spiro atoms. The predicted octanol–water partition coefficient (Wildman–Crippen LogP) is 3.45. The lowest BCUT2D eigenvalue weighted by molar-refractivity contribution is 0.0769. The number of carbonyl (C=O) groups excluding carboxylic acids is 1.